The summed E-state index contributed by atoms with van der Waals surface area (Å²) in [7, 11) is 1.65. The predicted molar refractivity (Wildman–Crippen MR) is 78.7 cm³/mol. The third kappa shape index (κ3) is 3.46. The van der Waals surface area contributed by atoms with Crippen molar-refractivity contribution in [3.05, 3.63) is 33.8 Å². The molecule has 0 aliphatic carbocycles. The molecule has 2 atom stereocenters. The van der Waals surface area contributed by atoms with Gasteiger partial charge >= 0.3 is 0 Å². The Bertz CT molecular complexity index is 627. The molecule has 2 rings (SSSR count). The SMILES string of the molecule is CN1C[C@H](C(=O)N[C@@H](C#N)c2ccc(Cl)c(Cl)c2)CC1=O. The Morgan fingerprint density at radius 1 is 1.48 bits per heavy atom. The van der Waals surface area contributed by atoms with Crippen LogP contribution in [0.25, 0.3) is 0 Å². The number of hydrogen-bond donors (Lipinski definition) is 1. The highest BCUT2D eigenvalue weighted by Gasteiger charge is 2.33. The number of likely N-dealkylation sites (tertiary alicyclic amines) is 1. The van der Waals surface area contributed by atoms with Gasteiger partial charge in [-0.2, -0.15) is 5.26 Å². The van der Waals surface area contributed by atoms with Gasteiger partial charge in [0.1, 0.15) is 6.04 Å². The first-order valence-corrected chi connectivity index (χ1v) is 7.07. The summed E-state index contributed by atoms with van der Waals surface area (Å²) in [5.74, 6) is -0.815. The van der Waals surface area contributed by atoms with Crippen molar-refractivity contribution in [2.75, 3.05) is 13.6 Å². The average Bonchev–Trinajstić information content (AvgIpc) is 2.79. The second-order valence-corrected chi connectivity index (χ2v) is 5.73. The minimum absolute atomic E-state index is 0.0711. The molecule has 1 fully saturated rings. The summed E-state index contributed by atoms with van der Waals surface area (Å²) in [5, 5.41) is 12.5. The van der Waals surface area contributed by atoms with Gasteiger partial charge < -0.3 is 10.2 Å². The molecule has 0 unspecified atom stereocenters. The maximum Gasteiger partial charge on any atom is 0.226 e. The number of carbonyl (C=O) groups is 2. The smallest absolute Gasteiger partial charge is 0.226 e. The summed E-state index contributed by atoms with van der Waals surface area (Å²) in [5.41, 5.74) is 0.554. The first-order valence-electron chi connectivity index (χ1n) is 6.31. The number of benzene rings is 1. The fraction of sp³-hybridized carbons (Fsp3) is 0.357. The zero-order chi connectivity index (χ0) is 15.6. The van der Waals surface area contributed by atoms with Gasteiger partial charge in [0, 0.05) is 20.0 Å². The fourth-order valence-electron chi connectivity index (χ4n) is 2.18. The van der Waals surface area contributed by atoms with Gasteiger partial charge in [-0.25, -0.2) is 0 Å². The van der Waals surface area contributed by atoms with Crippen molar-refractivity contribution in [1.82, 2.24) is 10.2 Å². The van der Waals surface area contributed by atoms with E-state index >= 15 is 0 Å². The predicted octanol–water partition coefficient (Wildman–Crippen LogP) is 2.15. The molecule has 1 heterocycles. The Kier molecular flexibility index (Phi) is 4.71. The van der Waals surface area contributed by atoms with Gasteiger partial charge in [-0.05, 0) is 17.7 Å². The van der Waals surface area contributed by atoms with Gasteiger partial charge in [-0.1, -0.05) is 29.3 Å². The summed E-state index contributed by atoms with van der Waals surface area (Å²) < 4.78 is 0. The average molecular weight is 326 g/mol. The van der Waals surface area contributed by atoms with E-state index in [-0.39, 0.29) is 18.2 Å². The Hall–Kier alpha value is -1.77. The lowest BCUT2D eigenvalue weighted by Crippen LogP contribution is -2.34. The molecule has 5 nitrogen and oxygen atoms in total. The van der Waals surface area contributed by atoms with E-state index in [1.165, 1.54) is 4.90 Å². The van der Waals surface area contributed by atoms with E-state index in [1.54, 1.807) is 25.2 Å². The van der Waals surface area contributed by atoms with Crippen LogP contribution in [0.3, 0.4) is 0 Å². The molecule has 7 heteroatoms. The van der Waals surface area contributed by atoms with E-state index in [9.17, 15) is 14.9 Å². The molecule has 1 aromatic rings. The molecule has 1 aromatic carbocycles. The number of rotatable bonds is 3. The summed E-state index contributed by atoms with van der Waals surface area (Å²) in [6.45, 7) is 0.365. The van der Waals surface area contributed by atoms with E-state index in [1.807, 2.05) is 6.07 Å². The maximum atomic E-state index is 12.1. The van der Waals surface area contributed by atoms with Crippen LogP contribution in [0.5, 0.6) is 0 Å². The molecule has 0 aromatic heterocycles. The van der Waals surface area contributed by atoms with Crippen molar-refractivity contribution in [2.24, 2.45) is 5.92 Å². The second-order valence-electron chi connectivity index (χ2n) is 4.92. The lowest BCUT2D eigenvalue weighted by Gasteiger charge is -2.15. The van der Waals surface area contributed by atoms with Gasteiger partial charge in [-0.3, -0.25) is 9.59 Å². The third-order valence-electron chi connectivity index (χ3n) is 3.40. The number of nitriles is 1. The Labute approximate surface area is 132 Å². The molecule has 0 spiro atoms. The highest BCUT2D eigenvalue weighted by atomic mass is 35.5. The summed E-state index contributed by atoms with van der Waals surface area (Å²) in [4.78, 5) is 25.1. The highest BCUT2D eigenvalue weighted by molar-refractivity contribution is 6.42. The molecule has 1 N–H and O–H groups in total. The van der Waals surface area contributed by atoms with Gasteiger partial charge in [0.25, 0.3) is 0 Å². The second kappa shape index (κ2) is 6.33. The minimum atomic E-state index is -0.826. The third-order valence-corrected chi connectivity index (χ3v) is 4.14. The minimum Gasteiger partial charge on any atom is -0.345 e. The van der Waals surface area contributed by atoms with Crippen molar-refractivity contribution < 1.29 is 9.59 Å². The molecule has 110 valence electrons. The largest absolute Gasteiger partial charge is 0.345 e. The summed E-state index contributed by atoms with van der Waals surface area (Å²) >= 11 is 11.7. The zero-order valence-corrected chi connectivity index (χ0v) is 12.8. The zero-order valence-electron chi connectivity index (χ0n) is 11.3. The molecule has 0 radical (unpaired) electrons. The standard InChI is InChI=1S/C14H13Cl2N3O2/c1-19-7-9(5-13(19)20)14(21)18-12(6-17)8-2-3-10(15)11(16)4-8/h2-4,9,12H,5,7H2,1H3,(H,18,21)/t9-,12+/m1/s1. The van der Waals surface area contributed by atoms with Crippen LogP contribution in [0, 0.1) is 17.2 Å². The molecule has 1 aliphatic heterocycles. The lowest BCUT2D eigenvalue weighted by molar-refractivity contribution is -0.128. The topological polar surface area (TPSA) is 73.2 Å². The number of hydrogen-bond acceptors (Lipinski definition) is 3. The normalized spacial score (nSPS) is 19.2. The summed E-state index contributed by atoms with van der Waals surface area (Å²) in [6, 6.07) is 5.93. The molecule has 21 heavy (non-hydrogen) atoms. The number of amides is 2. The monoisotopic (exact) mass is 325 g/mol. The fourth-order valence-corrected chi connectivity index (χ4v) is 2.49. The van der Waals surface area contributed by atoms with Crippen LogP contribution in [-0.2, 0) is 9.59 Å². The van der Waals surface area contributed by atoms with E-state index in [2.05, 4.69) is 5.32 Å². The van der Waals surface area contributed by atoms with Crippen LogP contribution >= 0.6 is 23.2 Å². The number of carbonyl (C=O) groups excluding carboxylic acids is 2. The summed E-state index contributed by atoms with van der Waals surface area (Å²) in [6.07, 6.45) is 0.169. The van der Waals surface area contributed by atoms with Gasteiger partial charge in [0.05, 0.1) is 22.0 Å². The van der Waals surface area contributed by atoms with Crippen molar-refractivity contribution in [1.29, 1.82) is 5.26 Å². The Morgan fingerprint density at radius 3 is 2.71 bits per heavy atom. The van der Waals surface area contributed by atoms with Crippen molar-refractivity contribution in [2.45, 2.75) is 12.5 Å². The van der Waals surface area contributed by atoms with Gasteiger partial charge in [0.2, 0.25) is 11.8 Å². The molecular weight excluding hydrogens is 313 g/mol. The van der Waals surface area contributed by atoms with Crippen molar-refractivity contribution >= 4 is 35.0 Å². The van der Waals surface area contributed by atoms with E-state index in [0.29, 0.717) is 22.2 Å². The number of nitrogens with one attached hydrogen (secondary N) is 1. The quantitative estimate of drug-likeness (QED) is 0.925. The Morgan fingerprint density at radius 2 is 2.19 bits per heavy atom. The molecule has 0 bridgehead atoms. The van der Waals surface area contributed by atoms with Crippen molar-refractivity contribution in [3.63, 3.8) is 0 Å². The van der Waals surface area contributed by atoms with Crippen LogP contribution in [0.15, 0.2) is 18.2 Å². The van der Waals surface area contributed by atoms with Gasteiger partial charge in [-0.15, -0.1) is 0 Å². The molecule has 1 aliphatic rings. The lowest BCUT2D eigenvalue weighted by atomic mass is 10.0. The van der Waals surface area contributed by atoms with E-state index in [4.69, 9.17) is 23.2 Å². The number of halogens is 2. The molecular formula is C14H13Cl2N3O2. The highest BCUT2D eigenvalue weighted by Crippen LogP contribution is 2.26. The first-order chi connectivity index (χ1) is 9.92. The van der Waals surface area contributed by atoms with Crippen LogP contribution in [-0.4, -0.2) is 30.3 Å². The number of nitrogens with zero attached hydrogens (tertiary/aromatic N) is 2. The van der Waals surface area contributed by atoms with Gasteiger partial charge in [0.15, 0.2) is 0 Å². The van der Waals surface area contributed by atoms with E-state index in [0.717, 1.165) is 0 Å². The Balaban J connectivity index is 2.09. The van der Waals surface area contributed by atoms with Crippen LogP contribution in [0.1, 0.15) is 18.0 Å². The first kappa shape index (κ1) is 15.6. The van der Waals surface area contributed by atoms with Crippen LogP contribution in [0.4, 0.5) is 0 Å². The molecule has 0 saturated carbocycles. The van der Waals surface area contributed by atoms with E-state index < -0.39 is 12.0 Å². The molecule has 2 amide bonds. The van der Waals surface area contributed by atoms with Crippen molar-refractivity contribution in [3.8, 4) is 6.07 Å². The molecule has 1 saturated heterocycles. The van der Waals surface area contributed by atoms with Crippen LogP contribution < -0.4 is 5.32 Å². The maximum absolute atomic E-state index is 12.1. The van der Waals surface area contributed by atoms with Crippen LogP contribution in [0.2, 0.25) is 10.0 Å².